The average Bonchev–Trinajstić information content (AvgIpc) is 2.19. The molecule has 0 spiro atoms. The van der Waals surface area contributed by atoms with Crippen LogP contribution in [0.3, 0.4) is 0 Å². The molecule has 0 radical (unpaired) electrons. The Morgan fingerprint density at radius 3 is 2.93 bits per heavy atom. The second kappa shape index (κ2) is 4.96. The molecule has 2 N–H and O–H groups in total. The third kappa shape index (κ3) is 3.27. The standard InChI is InChI=1S/C10H9FN2O2/c11-8-1-2-9(7(5-8)6-12)13-4-3-10(14)15/h1-2,5,13H,3-4H2,(H,14,15). The van der Waals surface area contributed by atoms with Crippen LogP contribution in [0.25, 0.3) is 0 Å². The fourth-order valence-corrected chi connectivity index (χ4v) is 1.07. The second-order valence-corrected chi connectivity index (χ2v) is 2.87. The lowest BCUT2D eigenvalue weighted by Crippen LogP contribution is -2.08. The zero-order valence-electron chi connectivity index (χ0n) is 7.83. The van der Waals surface area contributed by atoms with Gasteiger partial charge in [-0.3, -0.25) is 4.79 Å². The van der Waals surface area contributed by atoms with Crippen LogP contribution < -0.4 is 5.32 Å². The molecule has 0 saturated carbocycles. The van der Waals surface area contributed by atoms with Crippen LogP contribution in [0, 0.1) is 17.1 Å². The van der Waals surface area contributed by atoms with Gasteiger partial charge in [0.25, 0.3) is 0 Å². The minimum absolute atomic E-state index is 0.0533. The van der Waals surface area contributed by atoms with Gasteiger partial charge in [0, 0.05) is 6.54 Å². The van der Waals surface area contributed by atoms with Gasteiger partial charge in [0.2, 0.25) is 0 Å². The molecule has 0 aliphatic carbocycles. The van der Waals surface area contributed by atoms with E-state index in [0.717, 1.165) is 6.07 Å². The lowest BCUT2D eigenvalue weighted by atomic mass is 10.2. The normalized spacial score (nSPS) is 9.33. The van der Waals surface area contributed by atoms with Gasteiger partial charge >= 0.3 is 5.97 Å². The molecule has 0 amide bonds. The Morgan fingerprint density at radius 2 is 2.33 bits per heavy atom. The molecule has 0 aliphatic rings. The number of carbonyl (C=O) groups is 1. The largest absolute Gasteiger partial charge is 0.481 e. The summed E-state index contributed by atoms with van der Waals surface area (Å²) in [5.41, 5.74) is 0.612. The molecule has 1 aromatic rings. The number of rotatable bonds is 4. The van der Waals surface area contributed by atoms with Crippen molar-refractivity contribution in [1.29, 1.82) is 5.26 Å². The molecule has 0 saturated heterocycles. The summed E-state index contributed by atoms with van der Waals surface area (Å²) in [5, 5.41) is 19.8. The van der Waals surface area contributed by atoms with Gasteiger partial charge in [0.1, 0.15) is 11.9 Å². The molecule has 0 bridgehead atoms. The number of aliphatic carboxylic acids is 1. The third-order valence-electron chi connectivity index (χ3n) is 1.76. The zero-order valence-corrected chi connectivity index (χ0v) is 7.83. The van der Waals surface area contributed by atoms with E-state index in [2.05, 4.69) is 5.32 Å². The summed E-state index contributed by atoms with van der Waals surface area (Å²) in [5.74, 6) is -1.42. The van der Waals surface area contributed by atoms with Gasteiger partial charge in [0.15, 0.2) is 0 Å². The van der Waals surface area contributed by atoms with Gasteiger partial charge < -0.3 is 10.4 Å². The third-order valence-corrected chi connectivity index (χ3v) is 1.76. The van der Waals surface area contributed by atoms with Crippen LogP contribution in [0.1, 0.15) is 12.0 Å². The topological polar surface area (TPSA) is 73.1 Å². The minimum atomic E-state index is -0.928. The van der Waals surface area contributed by atoms with Gasteiger partial charge in [-0.15, -0.1) is 0 Å². The van der Waals surface area contributed by atoms with E-state index < -0.39 is 11.8 Å². The molecule has 0 aromatic heterocycles. The fourth-order valence-electron chi connectivity index (χ4n) is 1.07. The van der Waals surface area contributed by atoms with Crippen molar-refractivity contribution in [1.82, 2.24) is 0 Å². The van der Waals surface area contributed by atoms with E-state index >= 15 is 0 Å². The van der Waals surface area contributed by atoms with E-state index in [4.69, 9.17) is 10.4 Å². The molecular formula is C10H9FN2O2. The summed E-state index contributed by atoms with van der Waals surface area (Å²) in [7, 11) is 0. The van der Waals surface area contributed by atoms with Crippen LogP contribution in [0.4, 0.5) is 10.1 Å². The predicted octanol–water partition coefficient (Wildman–Crippen LogP) is 1.58. The number of anilines is 1. The van der Waals surface area contributed by atoms with Crippen molar-refractivity contribution in [3.8, 4) is 6.07 Å². The molecule has 0 fully saturated rings. The maximum Gasteiger partial charge on any atom is 0.305 e. The Bertz CT molecular complexity index is 412. The minimum Gasteiger partial charge on any atom is -0.481 e. The number of halogens is 1. The highest BCUT2D eigenvalue weighted by atomic mass is 19.1. The number of nitrogens with one attached hydrogen (secondary N) is 1. The van der Waals surface area contributed by atoms with Crippen molar-refractivity contribution in [3.63, 3.8) is 0 Å². The summed E-state index contributed by atoms with van der Waals surface area (Å²) >= 11 is 0. The number of hydrogen-bond donors (Lipinski definition) is 2. The van der Waals surface area contributed by atoms with E-state index in [9.17, 15) is 9.18 Å². The van der Waals surface area contributed by atoms with Crippen molar-refractivity contribution in [2.45, 2.75) is 6.42 Å². The number of carboxylic acids is 1. The summed E-state index contributed by atoms with van der Waals surface area (Å²) in [6.07, 6.45) is -0.0533. The number of nitriles is 1. The van der Waals surface area contributed by atoms with Gasteiger partial charge in [-0.2, -0.15) is 5.26 Å². The van der Waals surface area contributed by atoms with Crippen LogP contribution in [0.2, 0.25) is 0 Å². The highest BCUT2D eigenvalue weighted by Gasteiger charge is 2.03. The van der Waals surface area contributed by atoms with Crippen LogP contribution in [-0.2, 0) is 4.79 Å². The monoisotopic (exact) mass is 208 g/mol. The molecule has 5 heteroatoms. The average molecular weight is 208 g/mol. The predicted molar refractivity (Wildman–Crippen MR) is 51.9 cm³/mol. The Kier molecular flexibility index (Phi) is 3.63. The molecule has 78 valence electrons. The molecule has 1 rings (SSSR count). The first kappa shape index (κ1) is 11.0. The number of hydrogen-bond acceptors (Lipinski definition) is 3. The molecule has 15 heavy (non-hydrogen) atoms. The Balaban J connectivity index is 2.69. The molecule has 4 nitrogen and oxygen atoms in total. The first-order valence-electron chi connectivity index (χ1n) is 4.29. The van der Waals surface area contributed by atoms with Gasteiger partial charge in [-0.05, 0) is 18.2 Å². The Hall–Kier alpha value is -2.09. The van der Waals surface area contributed by atoms with E-state index in [-0.39, 0.29) is 18.5 Å². The van der Waals surface area contributed by atoms with Crippen molar-refractivity contribution in [2.75, 3.05) is 11.9 Å². The van der Waals surface area contributed by atoms with Crippen LogP contribution in [0.5, 0.6) is 0 Å². The zero-order chi connectivity index (χ0) is 11.3. The SMILES string of the molecule is N#Cc1cc(F)ccc1NCCC(=O)O. The number of carboxylic acid groups (broad SMARTS) is 1. The molecule has 1 aromatic carbocycles. The molecule has 0 aliphatic heterocycles. The highest BCUT2D eigenvalue weighted by molar-refractivity contribution is 5.68. The molecule has 0 atom stereocenters. The van der Waals surface area contributed by atoms with Crippen molar-refractivity contribution < 1.29 is 14.3 Å². The van der Waals surface area contributed by atoms with Crippen LogP contribution in [0.15, 0.2) is 18.2 Å². The molecular weight excluding hydrogens is 199 g/mol. The summed E-state index contributed by atoms with van der Waals surface area (Å²) in [6.45, 7) is 0.204. The summed E-state index contributed by atoms with van der Waals surface area (Å²) in [6, 6.07) is 5.55. The van der Waals surface area contributed by atoms with E-state index in [0.29, 0.717) is 5.69 Å². The first-order chi connectivity index (χ1) is 7.13. The van der Waals surface area contributed by atoms with E-state index in [1.165, 1.54) is 12.1 Å². The Labute approximate surface area is 86.0 Å². The van der Waals surface area contributed by atoms with Gasteiger partial charge in [0.05, 0.1) is 17.7 Å². The van der Waals surface area contributed by atoms with E-state index in [1.54, 1.807) is 0 Å². The fraction of sp³-hybridized carbons (Fsp3) is 0.200. The lowest BCUT2D eigenvalue weighted by Gasteiger charge is -2.06. The van der Waals surface area contributed by atoms with Crippen molar-refractivity contribution in [2.24, 2.45) is 0 Å². The number of benzene rings is 1. The van der Waals surface area contributed by atoms with Gasteiger partial charge in [-0.25, -0.2) is 4.39 Å². The smallest absolute Gasteiger partial charge is 0.305 e. The van der Waals surface area contributed by atoms with Crippen LogP contribution >= 0.6 is 0 Å². The maximum atomic E-state index is 12.7. The van der Waals surface area contributed by atoms with Gasteiger partial charge in [-0.1, -0.05) is 0 Å². The maximum absolute atomic E-state index is 12.7. The van der Waals surface area contributed by atoms with Crippen molar-refractivity contribution >= 4 is 11.7 Å². The van der Waals surface area contributed by atoms with Crippen LogP contribution in [-0.4, -0.2) is 17.6 Å². The number of nitrogens with zero attached hydrogens (tertiary/aromatic N) is 1. The van der Waals surface area contributed by atoms with Crippen molar-refractivity contribution in [3.05, 3.63) is 29.6 Å². The molecule has 0 unspecified atom stereocenters. The Morgan fingerprint density at radius 1 is 1.60 bits per heavy atom. The second-order valence-electron chi connectivity index (χ2n) is 2.87. The molecule has 0 heterocycles. The highest BCUT2D eigenvalue weighted by Crippen LogP contribution is 2.15. The quantitative estimate of drug-likeness (QED) is 0.787. The lowest BCUT2D eigenvalue weighted by molar-refractivity contribution is -0.136. The van der Waals surface area contributed by atoms with E-state index in [1.807, 2.05) is 6.07 Å². The summed E-state index contributed by atoms with van der Waals surface area (Å²) in [4.78, 5) is 10.2. The summed E-state index contributed by atoms with van der Waals surface area (Å²) < 4.78 is 12.7. The first-order valence-corrected chi connectivity index (χ1v) is 4.29.